The summed E-state index contributed by atoms with van der Waals surface area (Å²) in [6.07, 6.45) is -0.375. The van der Waals surface area contributed by atoms with E-state index in [2.05, 4.69) is 15.3 Å². The monoisotopic (exact) mass is 376 g/mol. The molecule has 0 radical (unpaired) electrons. The van der Waals surface area contributed by atoms with Gasteiger partial charge in [-0.3, -0.25) is 0 Å². The summed E-state index contributed by atoms with van der Waals surface area (Å²) in [4.78, 5) is 0.683. The van der Waals surface area contributed by atoms with E-state index in [4.69, 9.17) is 13.9 Å². The number of nitrogens with zero attached hydrogens (tertiary/aromatic N) is 4. The summed E-state index contributed by atoms with van der Waals surface area (Å²) in [5.41, 5.74) is 0.833. The molecule has 0 aliphatic carbocycles. The van der Waals surface area contributed by atoms with Gasteiger partial charge >= 0.3 is 0 Å². The van der Waals surface area contributed by atoms with Gasteiger partial charge in [0.05, 0.1) is 0 Å². The van der Waals surface area contributed by atoms with Gasteiger partial charge in [0, 0.05) is 5.39 Å². The minimum Gasteiger partial charge on any atom is -0.485 e. The molecule has 0 unspecified atom stereocenters. The molecule has 7 nitrogen and oxygen atoms in total. The van der Waals surface area contributed by atoms with Crippen LogP contribution in [0.2, 0.25) is 0 Å². The van der Waals surface area contributed by atoms with E-state index >= 15 is 0 Å². The molecule has 0 spiro atoms. The fourth-order valence-corrected chi connectivity index (χ4v) is 3.97. The van der Waals surface area contributed by atoms with Crippen molar-refractivity contribution in [2.75, 3.05) is 6.61 Å². The molecule has 6 rings (SSSR count). The van der Waals surface area contributed by atoms with Gasteiger partial charge in [0.15, 0.2) is 34.2 Å². The van der Waals surface area contributed by atoms with Crippen molar-refractivity contribution in [3.63, 3.8) is 0 Å². The van der Waals surface area contributed by atoms with E-state index in [1.807, 2.05) is 54.6 Å². The van der Waals surface area contributed by atoms with Crippen molar-refractivity contribution >= 4 is 27.3 Å². The van der Waals surface area contributed by atoms with Crippen molar-refractivity contribution in [1.82, 2.24) is 19.8 Å². The molecule has 0 fully saturated rings. The summed E-state index contributed by atoms with van der Waals surface area (Å²) in [7, 11) is 0. The van der Waals surface area contributed by atoms with Crippen LogP contribution in [0.3, 0.4) is 0 Å². The molecule has 0 amide bonds. The summed E-state index contributed by atoms with van der Waals surface area (Å²) in [5, 5.41) is 14.9. The number of rotatable bonds is 2. The van der Waals surface area contributed by atoms with Gasteiger partial charge in [0.2, 0.25) is 4.96 Å². The Morgan fingerprint density at radius 3 is 2.78 bits per heavy atom. The van der Waals surface area contributed by atoms with Crippen LogP contribution in [0.5, 0.6) is 11.5 Å². The van der Waals surface area contributed by atoms with E-state index in [1.54, 1.807) is 4.52 Å². The lowest BCUT2D eigenvalue weighted by Crippen LogP contribution is -2.23. The predicted molar refractivity (Wildman–Crippen MR) is 99.2 cm³/mol. The van der Waals surface area contributed by atoms with Crippen LogP contribution >= 0.6 is 11.3 Å². The first-order valence-corrected chi connectivity index (χ1v) is 9.26. The number of hydrogen-bond acceptors (Lipinski definition) is 7. The Balaban J connectivity index is 1.40. The number of benzene rings is 2. The first-order valence-electron chi connectivity index (χ1n) is 8.45. The molecule has 132 valence electrons. The third-order valence-corrected chi connectivity index (χ3v) is 5.36. The van der Waals surface area contributed by atoms with Crippen molar-refractivity contribution < 1.29 is 13.9 Å². The average molecular weight is 376 g/mol. The topological polar surface area (TPSA) is 74.7 Å². The highest BCUT2D eigenvalue weighted by Gasteiger charge is 2.28. The lowest BCUT2D eigenvalue weighted by Gasteiger charge is -2.24. The normalized spacial score (nSPS) is 16.2. The standard InChI is InChI=1S/C19H12N4O3S/c1-2-6-12-11(5-1)9-15(25-12)18-22-23-17(20-21-19(23)27-18)16-10-24-13-7-3-4-8-14(13)26-16/h1-9,16H,10H2/t16-/m0/s1. The predicted octanol–water partition coefficient (Wildman–Crippen LogP) is 4.11. The second-order valence-electron chi connectivity index (χ2n) is 6.17. The highest BCUT2D eigenvalue weighted by atomic mass is 32.1. The van der Waals surface area contributed by atoms with Crippen LogP contribution in [0.15, 0.2) is 59.0 Å². The first-order chi connectivity index (χ1) is 13.3. The zero-order valence-electron chi connectivity index (χ0n) is 13.9. The summed E-state index contributed by atoms with van der Waals surface area (Å²) in [5.74, 6) is 2.75. The Morgan fingerprint density at radius 2 is 1.85 bits per heavy atom. The minimum atomic E-state index is -0.375. The summed E-state index contributed by atoms with van der Waals surface area (Å²) in [6, 6.07) is 17.4. The van der Waals surface area contributed by atoms with Gasteiger partial charge in [0.25, 0.3) is 0 Å². The van der Waals surface area contributed by atoms with Gasteiger partial charge in [-0.05, 0) is 24.3 Å². The van der Waals surface area contributed by atoms with Gasteiger partial charge in [0.1, 0.15) is 12.2 Å². The SMILES string of the molecule is c1ccc2c(c1)OC[C@@H](c1nnc3sc(-c4cc5ccccc5o4)nn13)O2. The van der Waals surface area contributed by atoms with E-state index in [0.717, 1.165) is 21.7 Å². The zero-order chi connectivity index (χ0) is 17.8. The largest absolute Gasteiger partial charge is 0.485 e. The second kappa shape index (κ2) is 5.55. The van der Waals surface area contributed by atoms with Gasteiger partial charge < -0.3 is 13.9 Å². The van der Waals surface area contributed by atoms with E-state index in [9.17, 15) is 0 Å². The fourth-order valence-electron chi connectivity index (χ4n) is 3.17. The Labute approximate surface area is 156 Å². The number of furan rings is 1. The summed E-state index contributed by atoms with van der Waals surface area (Å²) in [6.45, 7) is 0.356. The first kappa shape index (κ1) is 14.7. The Bertz CT molecular complexity index is 1260. The maximum absolute atomic E-state index is 6.04. The molecule has 1 atom stereocenters. The van der Waals surface area contributed by atoms with Crippen LogP contribution in [-0.4, -0.2) is 26.4 Å². The second-order valence-corrected chi connectivity index (χ2v) is 7.13. The fraction of sp³-hybridized carbons (Fsp3) is 0.105. The third-order valence-electron chi connectivity index (χ3n) is 4.45. The average Bonchev–Trinajstić information content (AvgIpc) is 3.40. The molecule has 0 N–H and O–H groups in total. The lowest BCUT2D eigenvalue weighted by molar-refractivity contribution is 0.0836. The quantitative estimate of drug-likeness (QED) is 0.462. The number of para-hydroxylation sites is 3. The lowest BCUT2D eigenvalue weighted by atomic mass is 10.2. The molecule has 5 aromatic rings. The highest BCUT2D eigenvalue weighted by molar-refractivity contribution is 7.19. The zero-order valence-corrected chi connectivity index (χ0v) is 14.7. The summed E-state index contributed by atoms with van der Waals surface area (Å²) >= 11 is 1.42. The van der Waals surface area contributed by atoms with Crippen LogP contribution < -0.4 is 9.47 Å². The molecule has 27 heavy (non-hydrogen) atoms. The number of fused-ring (bicyclic) bond motifs is 3. The van der Waals surface area contributed by atoms with E-state index in [1.165, 1.54) is 11.3 Å². The van der Waals surface area contributed by atoms with E-state index in [-0.39, 0.29) is 6.10 Å². The molecule has 1 aliphatic rings. The molecule has 0 bridgehead atoms. The van der Waals surface area contributed by atoms with Crippen molar-refractivity contribution in [3.05, 3.63) is 60.4 Å². The molecule has 4 heterocycles. The molecular formula is C19H12N4O3S. The number of aromatic nitrogens is 4. The molecule has 2 aromatic carbocycles. The molecule has 3 aromatic heterocycles. The highest BCUT2D eigenvalue weighted by Crippen LogP contribution is 2.36. The van der Waals surface area contributed by atoms with Gasteiger partial charge in [-0.1, -0.05) is 41.7 Å². The molecule has 8 heteroatoms. The van der Waals surface area contributed by atoms with Crippen molar-refractivity contribution in [2.45, 2.75) is 6.10 Å². The number of ether oxygens (including phenoxy) is 2. The van der Waals surface area contributed by atoms with Gasteiger partial charge in [-0.15, -0.1) is 15.3 Å². The Kier molecular flexibility index (Phi) is 3.03. The van der Waals surface area contributed by atoms with E-state index < -0.39 is 0 Å². The van der Waals surface area contributed by atoms with Crippen molar-refractivity contribution in [2.24, 2.45) is 0 Å². The Hall–Kier alpha value is -3.39. The molecule has 0 saturated carbocycles. The molecular weight excluding hydrogens is 364 g/mol. The summed E-state index contributed by atoms with van der Waals surface area (Å²) < 4.78 is 19.5. The van der Waals surface area contributed by atoms with Crippen molar-refractivity contribution in [3.8, 4) is 22.3 Å². The van der Waals surface area contributed by atoms with Crippen LogP contribution in [0, 0.1) is 0 Å². The maximum Gasteiger partial charge on any atom is 0.235 e. The number of hydrogen-bond donors (Lipinski definition) is 0. The minimum absolute atomic E-state index is 0.356. The molecule has 1 aliphatic heterocycles. The van der Waals surface area contributed by atoms with Gasteiger partial charge in [-0.25, -0.2) is 0 Å². The van der Waals surface area contributed by atoms with Crippen LogP contribution in [0.4, 0.5) is 0 Å². The Morgan fingerprint density at radius 1 is 1.00 bits per heavy atom. The van der Waals surface area contributed by atoms with E-state index in [0.29, 0.717) is 28.9 Å². The van der Waals surface area contributed by atoms with Crippen LogP contribution in [0.1, 0.15) is 11.9 Å². The maximum atomic E-state index is 6.04. The molecule has 0 saturated heterocycles. The van der Waals surface area contributed by atoms with Crippen molar-refractivity contribution in [1.29, 1.82) is 0 Å². The van der Waals surface area contributed by atoms with Crippen LogP contribution in [-0.2, 0) is 0 Å². The third kappa shape index (κ3) is 2.30. The smallest absolute Gasteiger partial charge is 0.235 e. The van der Waals surface area contributed by atoms with Gasteiger partial charge in [-0.2, -0.15) is 4.52 Å². The van der Waals surface area contributed by atoms with Crippen LogP contribution in [0.25, 0.3) is 26.7 Å².